The van der Waals surface area contributed by atoms with Crippen LogP contribution >= 0.6 is 0 Å². The van der Waals surface area contributed by atoms with E-state index in [0.717, 1.165) is 24.3 Å². The predicted molar refractivity (Wildman–Crippen MR) is 129 cm³/mol. The number of likely N-dealkylation sites (tertiary alicyclic amines) is 1. The topological polar surface area (TPSA) is 54.0 Å². The molecular formula is C27H26F3N3O3. The Morgan fingerprint density at radius 3 is 2.31 bits per heavy atom. The molecule has 2 aliphatic heterocycles. The zero-order valence-corrected chi connectivity index (χ0v) is 19.5. The Kier molecular flexibility index (Phi) is 6.49. The van der Waals surface area contributed by atoms with Gasteiger partial charge < -0.3 is 19.7 Å². The molecule has 1 amide bonds. The highest BCUT2D eigenvalue weighted by Crippen LogP contribution is 2.37. The first kappa shape index (κ1) is 24.0. The molecule has 1 spiro atoms. The number of amides is 1. The number of hydrogen-bond donors (Lipinski definition) is 1. The van der Waals surface area contributed by atoms with Gasteiger partial charge in [0, 0.05) is 25.3 Å². The van der Waals surface area contributed by atoms with Crippen LogP contribution in [0.25, 0.3) is 0 Å². The van der Waals surface area contributed by atoms with Crippen molar-refractivity contribution in [2.45, 2.75) is 31.3 Å². The first-order chi connectivity index (χ1) is 17.3. The first-order valence-corrected chi connectivity index (χ1v) is 11.8. The normalized spacial score (nSPS) is 17.8. The van der Waals surface area contributed by atoms with Gasteiger partial charge >= 0.3 is 6.36 Å². The minimum absolute atomic E-state index is 0.0138. The second-order valence-corrected chi connectivity index (χ2v) is 8.98. The van der Waals surface area contributed by atoms with Gasteiger partial charge in [0.15, 0.2) is 11.5 Å². The van der Waals surface area contributed by atoms with Crippen molar-refractivity contribution < 1.29 is 27.4 Å². The number of rotatable bonds is 6. The van der Waals surface area contributed by atoms with E-state index in [1.54, 1.807) is 12.1 Å². The number of nitrogens with one attached hydrogen (secondary N) is 1. The van der Waals surface area contributed by atoms with Gasteiger partial charge in [0.1, 0.15) is 11.3 Å². The molecule has 0 aliphatic carbocycles. The van der Waals surface area contributed by atoms with Crippen molar-refractivity contribution in [1.82, 2.24) is 10.2 Å². The van der Waals surface area contributed by atoms with Crippen LogP contribution in [0.4, 0.5) is 18.9 Å². The number of carbonyl (C=O) groups excluding carboxylic acids is 1. The molecule has 2 heterocycles. The van der Waals surface area contributed by atoms with Crippen molar-refractivity contribution >= 4 is 11.6 Å². The molecule has 0 aromatic heterocycles. The number of piperidine rings is 1. The van der Waals surface area contributed by atoms with Crippen molar-refractivity contribution in [3.8, 4) is 17.2 Å². The lowest BCUT2D eigenvalue weighted by Gasteiger charge is -2.43. The summed E-state index contributed by atoms with van der Waals surface area (Å²) < 4.78 is 48.0. The van der Waals surface area contributed by atoms with Gasteiger partial charge in [0.2, 0.25) is 5.91 Å². The SMILES string of the molecule is O=C1NCN(c2ccccc2)C12CCN(Cc1cccc(Oc3ccccc3OC(F)(F)F)c1)CC2. The molecule has 5 rings (SSSR count). The Bertz CT molecular complexity index is 1210. The van der Waals surface area contributed by atoms with Gasteiger partial charge in [-0.05, 0) is 54.8 Å². The van der Waals surface area contributed by atoms with E-state index in [2.05, 4.69) is 19.9 Å². The van der Waals surface area contributed by atoms with E-state index >= 15 is 0 Å². The molecule has 6 nitrogen and oxygen atoms in total. The van der Waals surface area contributed by atoms with Gasteiger partial charge in [-0.3, -0.25) is 9.69 Å². The zero-order valence-electron chi connectivity index (χ0n) is 19.5. The fourth-order valence-corrected chi connectivity index (χ4v) is 4.95. The standard InChI is InChI=1S/C27H26F3N3O3/c28-27(29,30)36-24-12-5-4-11-23(24)35-22-10-6-7-20(17-22)18-32-15-13-26(14-16-32)25(34)31-19-33(26)21-8-2-1-3-9-21/h1-12,17H,13-16,18-19H2,(H,31,34). The quantitative estimate of drug-likeness (QED) is 0.501. The minimum Gasteiger partial charge on any atom is -0.453 e. The van der Waals surface area contributed by atoms with E-state index in [1.165, 1.54) is 18.2 Å². The predicted octanol–water partition coefficient (Wildman–Crippen LogP) is 5.31. The van der Waals surface area contributed by atoms with Crippen LogP contribution in [0.2, 0.25) is 0 Å². The van der Waals surface area contributed by atoms with Crippen LogP contribution < -0.4 is 19.7 Å². The number of nitrogens with zero attached hydrogens (tertiary/aromatic N) is 2. The van der Waals surface area contributed by atoms with Crippen molar-refractivity contribution in [3.05, 3.63) is 84.4 Å². The lowest BCUT2D eigenvalue weighted by atomic mass is 9.85. The van der Waals surface area contributed by atoms with Crippen molar-refractivity contribution in [1.29, 1.82) is 0 Å². The number of ether oxygens (including phenoxy) is 2. The van der Waals surface area contributed by atoms with Crippen LogP contribution in [0.1, 0.15) is 18.4 Å². The Morgan fingerprint density at radius 2 is 1.58 bits per heavy atom. The summed E-state index contributed by atoms with van der Waals surface area (Å²) in [5.74, 6) is 0.0837. The van der Waals surface area contributed by atoms with Gasteiger partial charge in [-0.25, -0.2) is 0 Å². The summed E-state index contributed by atoms with van der Waals surface area (Å²) in [4.78, 5) is 17.3. The van der Waals surface area contributed by atoms with Gasteiger partial charge in [-0.1, -0.05) is 42.5 Å². The van der Waals surface area contributed by atoms with Crippen LogP contribution in [0.5, 0.6) is 17.2 Å². The Labute approximate surface area is 207 Å². The number of hydrogen-bond acceptors (Lipinski definition) is 5. The molecule has 2 aliphatic rings. The number of alkyl halides is 3. The van der Waals surface area contributed by atoms with Gasteiger partial charge in [0.05, 0.1) is 6.67 Å². The summed E-state index contributed by atoms with van der Waals surface area (Å²) >= 11 is 0. The van der Waals surface area contributed by atoms with E-state index in [9.17, 15) is 18.0 Å². The number of halogens is 3. The molecule has 0 atom stereocenters. The number of anilines is 1. The largest absolute Gasteiger partial charge is 0.573 e. The van der Waals surface area contributed by atoms with Crippen molar-refractivity contribution in [2.24, 2.45) is 0 Å². The summed E-state index contributed by atoms with van der Waals surface area (Å²) in [5.41, 5.74) is 1.45. The monoisotopic (exact) mass is 497 g/mol. The summed E-state index contributed by atoms with van der Waals surface area (Å²) in [7, 11) is 0. The highest BCUT2D eigenvalue weighted by Gasteiger charge is 2.50. The van der Waals surface area contributed by atoms with E-state index < -0.39 is 17.7 Å². The lowest BCUT2D eigenvalue weighted by molar-refractivity contribution is -0.275. The molecule has 9 heteroatoms. The second-order valence-electron chi connectivity index (χ2n) is 8.98. The fraction of sp³-hybridized carbons (Fsp3) is 0.296. The summed E-state index contributed by atoms with van der Waals surface area (Å²) in [6.07, 6.45) is -3.41. The molecule has 0 radical (unpaired) electrons. The highest BCUT2D eigenvalue weighted by atomic mass is 19.4. The maximum absolute atomic E-state index is 12.9. The van der Waals surface area contributed by atoms with Crippen LogP contribution in [0.15, 0.2) is 78.9 Å². The minimum atomic E-state index is -4.81. The maximum atomic E-state index is 12.9. The zero-order chi connectivity index (χ0) is 25.2. The maximum Gasteiger partial charge on any atom is 0.573 e. The molecule has 0 saturated carbocycles. The molecule has 1 N–H and O–H groups in total. The molecule has 3 aromatic rings. The third-order valence-corrected chi connectivity index (χ3v) is 6.70. The molecule has 3 aromatic carbocycles. The van der Waals surface area contributed by atoms with Gasteiger partial charge in [0.25, 0.3) is 0 Å². The van der Waals surface area contributed by atoms with Crippen LogP contribution in [-0.2, 0) is 11.3 Å². The average molecular weight is 498 g/mol. The molecule has 2 saturated heterocycles. The summed E-state index contributed by atoms with van der Waals surface area (Å²) in [5, 5.41) is 3.01. The number of para-hydroxylation sites is 3. The van der Waals surface area contributed by atoms with E-state index in [4.69, 9.17) is 4.74 Å². The highest BCUT2D eigenvalue weighted by molar-refractivity contribution is 5.93. The average Bonchev–Trinajstić information content (AvgIpc) is 3.17. The van der Waals surface area contributed by atoms with Crippen molar-refractivity contribution in [3.63, 3.8) is 0 Å². The molecule has 36 heavy (non-hydrogen) atoms. The fourth-order valence-electron chi connectivity index (χ4n) is 4.95. The Hall–Kier alpha value is -3.72. The van der Waals surface area contributed by atoms with Crippen LogP contribution in [-0.4, -0.2) is 42.5 Å². The van der Waals surface area contributed by atoms with E-state index in [1.807, 2.05) is 48.5 Å². The first-order valence-electron chi connectivity index (χ1n) is 11.8. The number of carbonyl (C=O) groups is 1. The molecule has 188 valence electrons. The van der Waals surface area contributed by atoms with Crippen LogP contribution in [0, 0.1) is 0 Å². The third-order valence-electron chi connectivity index (χ3n) is 6.70. The Balaban J connectivity index is 1.25. The van der Waals surface area contributed by atoms with E-state index in [0.29, 0.717) is 31.8 Å². The van der Waals surface area contributed by atoms with E-state index in [-0.39, 0.29) is 11.7 Å². The van der Waals surface area contributed by atoms with Crippen LogP contribution in [0.3, 0.4) is 0 Å². The molecule has 0 bridgehead atoms. The summed E-state index contributed by atoms with van der Waals surface area (Å²) in [6.45, 7) is 2.62. The lowest BCUT2D eigenvalue weighted by Crippen LogP contribution is -2.56. The molecule has 0 unspecified atom stereocenters. The third kappa shape index (κ3) is 5.11. The molecule has 2 fully saturated rings. The summed E-state index contributed by atoms with van der Waals surface area (Å²) in [6, 6.07) is 22.9. The number of benzene rings is 3. The van der Waals surface area contributed by atoms with Gasteiger partial charge in [-0.2, -0.15) is 0 Å². The molecular weight excluding hydrogens is 471 g/mol. The Morgan fingerprint density at radius 1 is 0.889 bits per heavy atom. The van der Waals surface area contributed by atoms with Gasteiger partial charge in [-0.15, -0.1) is 13.2 Å². The van der Waals surface area contributed by atoms with Crippen molar-refractivity contribution in [2.75, 3.05) is 24.7 Å². The second kappa shape index (κ2) is 9.73. The smallest absolute Gasteiger partial charge is 0.453 e.